The van der Waals surface area contributed by atoms with Crippen LogP contribution in [0.2, 0.25) is 0 Å². The number of benzene rings is 7. The topological polar surface area (TPSA) is 13.1 Å². The van der Waals surface area contributed by atoms with Crippen molar-refractivity contribution in [1.29, 1.82) is 0 Å². The predicted octanol–water partition coefficient (Wildman–Crippen LogP) is 11.9. The molecule has 0 radical (unpaired) electrons. The Morgan fingerprint density at radius 1 is 0.383 bits per heavy atom. The van der Waals surface area contributed by atoms with E-state index >= 15 is 0 Å². The van der Waals surface area contributed by atoms with Crippen molar-refractivity contribution in [3.63, 3.8) is 0 Å². The standard InChI is InChI=1S/C44H31N3/c1-5-17-32(18-6-1)37-25-13-15-27-40(37)45(33-19-7-2-8-20-33)36-29-30-42-39(31-36)43-38-26-14-16-28-41(38)46(34-21-9-3-10-22-34)44(43)47(42)35-23-11-4-12-24-35/h1-31H. The first-order valence-electron chi connectivity index (χ1n) is 16.0. The summed E-state index contributed by atoms with van der Waals surface area (Å²) in [6, 6.07) is 67.2. The highest BCUT2D eigenvalue weighted by atomic mass is 15.2. The molecular weight excluding hydrogens is 571 g/mol. The number of anilines is 3. The van der Waals surface area contributed by atoms with Crippen LogP contribution in [0.1, 0.15) is 0 Å². The first-order chi connectivity index (χ1) is 23.4. The molecule has 0 aliphatic carbocycles. The summed E-state index contributed by atoms with van der Waals surface area (Å²) in [4.78, 5) is 2.39. The Kier molecular flexibility index (Phi) is 6.46. The third-order valence-corrected chi connectivity index (χ3v) is 9.08. The van der Waals surface area contributed by atoms with Crippen molar-refractivity contribution >= 4 is 49.9 Å². The highest BCUT2D eigenvalue weighted by molar-refractivity contribution is 6.23. The average molecular weight is 602 g/mol. The molecule has 0 aliphatic heterocycles. The van der Waals surface area contributed by atoms with E-state index in [-0.39, 0.29) is 0 Å². The van der Waals surface area contributed by atoms with E-state index in [2.05, 4.69) is 202 Å². The van der Waals surface area contributed by atoms with Crippen molar-refractivity contribution in [2.45, 2.75) is 0 Å². The van der Waals surface area contributed by atoms with Crippen LogP contribution in [0, 0.1) is 0 Å². The summed E-state index contributed by atoms with van der Waals surface area (Å²) in [7, 11) is 0. The summed E-state index contributed by atoms with van der Waals surface area (Å²) in [5.74, 6) is 0. The first-order valence-corrected chi connectivity index (χ1v) is 16.0. The summed E-state index contributed by atoms with van der Waals surface area (Å²) in [5, 5.41) is 3.69. The summed E-state index contributed by atoms with van der Waals surface area (Å²) >= 11 is 0. The molecule has 3 nitrogen and oxygen atoms in total. The van der Waals surface area contributed by atoms with Crippen LogP contribution >= 0.6 is 0 Å². The van der Waals surface area contributed by atoms with Gasteiger partial charge in [-0.3, -0.25) is 9.13 Å². The molecule has 47 heavy (non-hydrogen) atoms. The Balaban J connectivity index is 1.39. The van der Waals surface area contributed by atoms with Gasteiger partial charge in [-0.05, 0) is 72.3 Å². The fourth-order valence-corrected chi connectivity index (χ4v) is 7.09. The molecule has 0 aliphatic rings. The fourth-order valence-electron chi connectivity index (χ4n) is 7.09. The zero-order chi connectivity index (χ0) is 31.2. The molecule has 222 valence electrons. The maximum Gasteiger partial charge on any atom is 0.131 e. The van der Waals surface area contributed by atoms with Gasteiger partial charge in [0.25, 0.3) is 0 Å². The van der Waals surface area contributed by atoms with E-state index in [1.54, 1.807) is 0 Å². The normalized spacial score (nSPS) is 11.4. The molecule has 2 aromatic heterocycles. The maximum atomic E-state index is 2.42. The van der Waals surface area contributed by atoms with Crippen LogP contribution in [-0.2, 0) is 0 Å². The Labute approximate surface area is 273 Å². The van der Waals surface area contributed by atoms with Crippen LogP contribution in [0.3, 0.4) is 0 Å². The second kappa shape index (κ2) is 11.2. The van der Waals surface area contributed by atoms with Crippen molar-refractivity contribution in [3.05, 3.63) is 188 Å². The van der Waals surface area contributed by atoms with Crippen LogP contribution in [0.4, 0.5) is 17.1 Å². The summed E-state index contributed by atoms with van der Waals surface area (Å²) in [5.41, 5.74) is 11.5. The second-order valence-corrected chi connectivity index (χ2v) is 11.8. The van der Waals surface area contributed by atoms with Crippen LogP contribution in [-0.4, -0.2) is 9.13 Å². The van der Waals surface area contributed by atoms with Gasteiger partial charge in [-0.15, -0.1) is 0 Å². The van der Waals surface area contributed by atoms with Crippen LogP contribution in [0.15, 0.2) is 188 Å². The van der Waals surface area contributed by atoms with Gasteiger partial charge >= 0.3 is 0 Å². The summed E-state index contributed by atoms with van der Waals surface area (Å²) in [6.07, 6.45) is 0. The zero-order valence-corrected chi connectivity index (χ0v) is 25.7. The Hall–Kier alpha value is -6.32. The molecule has 2 heterocycles. The molecule has 0 spiro atoms. The maximum absolute atomic E-state index is 2.42. The molecule has 0 bridgehead atoms. The van der Waals surface area contributed by atoms with E-state index in [4.69, 9.17) is 0 Å². The third-order valence-electron chi connectivity index (χ3n) is 9.08. The lowest BCUT2D eigenvalue weighted by Crippen LogP contribution is -2.11. The smallest absolute Gasteiger partial charge is 0.131 e. The summed E-state index contributed by atoms with van der Waals surface area (Å²) < 4.78 is 4.84. The van der Waals surface area contributed by atoms with Crippen LogP contribution in [0.5, 0.6) is 0 Å². The number of rotatable bonds is 6. The van der Waals surface area contributed by atoms with Gasteiger partial charge in [-0.2, -0.15) is 0 Å². The molecule has 0 amide bonds. The molecule has 0 unspecified atom stereocenters. The van der Waals surface area contributed by atoms with Crippen molar-refractivity contribution < 1.29 is 0 Å². The zero-order valence-electron chi connectivity index (χ0n) is 25.7. The SMILES string of the molecule is c1ccc(-c2ccccc2N(c2ccccc2)c2ccc3c(c2)c2c4ccccc4n(-c4ccccc4)c2n3-c2ccccc2)cc1. The van der Waals surface area contributed by atoms with E-state index in [1.807, 2.05) is 0 Å². The lowest BCUT2D eigenvalue weighted by Gasteiger charge is -2.28. The molecule has 9 aromatic rings. The summed E-state index contributed by atoms with van der Waals surface area (Å²) in [6.45, 7) is 0. The molecule has 0 atom stereocenters. The van der Waals surface area contributed by atoms with Crippen LogP contribution < -0.4 is 4.90 Å². The highest BCUT2D eigenvalue weighted by Gasteiger charge is 2.24. The van der Waals surface area contributed by atoms with E-state index in [0.29, 0.717) is 0 Å². The molecular formula is C44H31N3. The molecule has 0 saturated heterocycles. The monoisotopic (exact) mass is 601 g/mol. The van der Waals surface area contributed by atoms with Crippen molar-refractivity contribution in [3.8, 4) is 22.5 Å². The Morgan fingerprint density at radius 3 is 1.60 bits per heavy atom. The lowest BCUT2D eigenvalue weighted by atomic mass is 10.0. The second-order valence-electron chi connectivity index (χ2n) is 11.8. The quantitative estimate of drug-likeness (QED) is 0.185. The van der Waals surface area contributed by atoms with Crippen molar-refractivity contribution in [2.24, 2.45) is 0 Å². The number of hydrogen-bond acceptors (Lipinski definition) is 1. The van der Waals surface area contributed by atoms with Gasteiger partial charge in [-0.1, -0.05) is 121 Å². The van der Waals surface area contributed by atoms with Gasteiger partial charge in [0.1, 0.15) is 5.65 Å². The number of fused-ring (bicyclic) bond motifs is 5. The lowest BCUT2D eigenvalue weighted by molar-refractivity contribution is 1.07. The van der Waals surface area contributed by atoms with Gasteiger partial charge in [0, 0.05) is 44.5 Å². The number of aromatic nitrogens is 2. The van der Waals surface area contributed by atoms with Gasteiger partial charge in [0.15, 0.2) is 0 Å². The molecule has 7 aromatic carbocycles. The van der Waals surface area contributed by atoms with E-state index < -0.39 is 0 Å². The molecule has 9 rings (SSSR count). The largest absolute Gasteiger partial charge is 0.310 e. The third kappa shape index (κ3) is 4.44. The van der Waals surface area contributed by atoms with E-state index in [1.165, 1.54) is 38.3 Å². The number of para-hydroxylation sites is 5. The average Bonchev–Trinajstić information content (AvgIpc) is 3.66. The Bertz CT molecular complexity index is 2490. The van der Waals surface area contributed by atoms with E-state index in [0.717, 1.165) is 34.1 Å². The first kappa shape index (κ1) is 27.0. The van der Waals surface area contributed by atoms with Crippen LogP contribution in [0.25, 0.3) is 55.3 Å². The highest BCUT2D eigenvalue weighted by Crippen LogP contribution is 2.45. The van der Waals surface area contributed by atoms with Gasteiger partial charge in [0.05, 0.1) is 16.7 Å². The van der Waals surface area contributed by atoms with Gasteiger partial charge in [0.2, 0.25) is 0 Å². The number of nitrogens with zero attached hydrogens (tertiary/aromatic N) is 3. The van der Waals surface area contributed by atoms with Gasteiger partial charge in [-0.25, -0.2) is 0 Å². The Morgan fingerprint density at radius 2 is 0.915 bits per heavy atom. The molecule has 0 fully saturated rings. The van der Waals surface area contributed by atoms with Crippen molar-refractivity contribution in [2.75, 3.05) is 4.90 Å². The van der Waals surface area contributed by atoms with Crippen molar-refractivity contribution in [1.82, 2.24) is 9.13 Å². The van der Waals surface area contributed by atoms with Gasteiger partial charge < -0.3 is 4.90 Å². The molecule has 0 N–H and O–H groups in total. The minimum absolute atomic E-state index is 1.11. The van der Waals surface area contributed by atoms with E-state index in [9.17, 15) is 0 Å². The minimum Gasteiger partial charge on any atom is -0.310 e. The predicted molar refractivity (Wildman–Crippen MR) is 198 cm³/mol. The molecule has 3 heteroatoms. The molecule has 0 saturated carbocycles. The fraction of sp³-hybridized carbons (Fsp3) is 0. The minimum atomic E-state index is 1.11. The number of hydrogen-bond donors (Lipinski definition) is 0.